The number of aromatic hydroxyl groups is 1. The number of nitrogens with one attached hydrogen (secondary N) is 1. The van der Waals surface area contributed by atoms with E-state index in [1.54, 1.807) is 6.07 Å². The molecule has 0 atom stereocenters. The molecule has 0 heterocycles. The molecule has 4 aliphatic carbocycles. The van der Waals surface area contributed by atoms with Gasteiger partial charge in [-0.3, -0.25) is 0 Å². The van der Waals surface area contributed by atoms with Gasteiger partial charge in [-0.25, -0.2) is 0 Å². The summed E-state index contributed by atoms with van der Waals surface area (Å²) < 4.78 is 6.34. The van der Waals surface area contributed by atoms with Crippen molar-refractivity contribution in [2.45, 2.75) is 38.2 Å². The van der Waals surface area contributed by atoms with Gasteiger partial charge in [-0.1, -0.05) is 0 Å². The minimum absolute atomic E-state index is 0.282. The van der Waals surface area contributed by atoms with Crippen molar-refractivity contribution in [3.05, 3.63) is 18.2 Å². The van der Waals surface area contributed by atoms with Gasteiger partial charge in [0.25, 0.3) is 0 Å². The number of ether oxygens (including phenoxy) is 1. The van der Waals surface area contributed by atoms with Crippen LogP contribution in [0.4, 0.5) is 5.69 Å². The fourth-order valence-corrected chi connectivity index (χ4v) is 5.01. The Bertz CT molecular complexity index is 486. The Morgan fingerprint density at radius 2 is 1.70 bits per heavy atom. The van der Waals surface area contributed by atoms with Crippen molar-refractivity contribution in [1.29, 1.82) is 0 Å². The van der Waals surface area contributed by atoms with Crippen LogP contribution in [0, 0.1) is 23.7 Å². The molecule has 0 unspecified atom stereocenters. The SMILES string of the molecule is CNc1cc(OC2C3CC4CC(C3)CC2C4)ccc1O. The molecule has 4 aliphatic rings. The average Bonchev–Trinajstić information content (AvgIpc) is 2.44. The van der Waals surface area contributed by atoms with Crippen molar-refractivity contribution in [2.75, 3.05) is 12.4 Å². The third-order valence-electron chi connectivity index (χ3n) is 5.65. The molecule has 0 radical (unpaired) electrons. The van der Waals surface area contributed by atoms with Gasteiger partial charge >= 0.3 is 0 Å². The fourth-order valence-electron chi connectivity index (χ4n) is 5.01. The molecule has 1 aromatic rings. The zero-order valence-electron chi connectivity index (χ0n) is 12.0. The highest BCUT2D eigenvalue weighted by atomic mass is 16.5. The van der Waals surface area contributed by atoms with Crippen LogP contribution in [0.2, 0.25) is 0 Å². The number of rotatable bonds is 3. The van der Waals surface area contributed by atoms with Crippen LogP contribution in [0.5, 0.6) is 11.5 Å². The van der Waals surface area contributed by atoms with E-state index in [1.807, 2.05) is 19.2 Å². The van der Waals surface area contributed by atoms with E-state index in [2.05, 4.69) is 5.32 Å². The van der Waals surface area contributed by atoms with Gasteiger partial charge in [0, 0.05) is 13.1 Å². The summed E-state index contributed by atoms with van der Waals surface area (Å²) in [6.07, 6.45) is 7.35. The van der Waals surface area contributed by atoms with Gasteiger partial charge in [0.1, 0.15) is 17.6 Å². The van der Waals surface area contributed by atoms with Crippen molar-refractivity contribution in [3.8, 4) is 11.5 Å². The lowest BCUT2D eigenvalue weighted by molar-refractivity contribution is -0.0789. The molecule has 2 N–H and O–H groups in total. The van der Waals surface area contributed by atoms with Crippen molar-refractivity contribution in [2.24, 2.45) is 23.7 Å². The molecule has 4 saturated carbocycles. The van der Waals surface area contributed by atoms with Gasteiger partial charge in [-0.2, -0.15) is 0 Å². The van der Waals surface area contributed by atoms with Crippen LogP contribution >= 0.6 is 0 Å². The summed E-state index contributed by atoms with van der Waals surface area (Å²) in [6, 6.07) is 5.53. The second-order valence-electron chi connectivity index (χ2n) is 6.94. The maximum absolute atomic E-state index is 9.72. The molecule has 3 nitrogen and oxygen atoms in total. The first kappa shape index (κ1) is 12.4. The molecule has 3 heteroatoms. The number of benzene rings is 1. The third kappa shape index (κ3) is 1.95. The van der Waals surface area contributed by atoms with E-state index in [4.69, 9.17) is 4.74 Å². The normalized spacial score (nSPS) is 38.0. The van der Waals surface area contributed by atoms with Crippen LogP contribution in [0.25, 0.3) is 0 Å². The highest BCUT2D eigenvalue weighted by Gasteiger charge is 2.49. The first-order valence-corrected chi connectivity index (χ1v) is 7.90. The zero-order valence-corrected chi connectivity index (χ0v) is 12.0. The number of anilines is 1. The van der Waals surface area contributed by atoms with Gasteiger partial charge in [0.05, 0.1) is 5.69 Å². The van der Waals surface area contributed by atoms with Crippen LogP contribution in [0.15, 0.2) is 18.2 Å². The van der Waals surface area contributed by atoms with E-state index in [-0.39, 0.29) is 5.75 Å². The maximum Gasteiger partial charge on any atom is 0.138 e. The highest BCUT2D eigenvalue weighted by molar-refractivity contribution is 5.58. The van der Waals surface area contributed by atoms with Gasteiger partial charge < -0.3 is 15.2 Å². The lowest BCUT2D eigenvalue weighted by Crippen LogP contribution is -2.50. The van der Waals surface area contributed by atoms with Crippen molar-refractivity contribution in [1.82, 2.24) is 0 Å². The third-order valence-corrected chi connectivity index (χ3v) is 5.65. The van der Waals surface area contributed by atoms with Crippen LogP contribution in [-0.2, 0) is 0 Å². The Labute approximate surface area is 120 Å². The molecular weight excluding hydrogens is 250 g/mol. The number of hydrogen-bond acceptors (Lipinski definition) is 3. The Morgan fingerprint density at radius 1 is 1.05 bits per heavy atom. The van der Waals surface area contributed by atoms with Crippen LogP contribution in [-0.4, -0.2) is 18.3 Å². The minimum atomic E-state index is 0.282. The van der Waals surface area contributed by atoms with E-state index in [0.717, 1.165) is 35.1 Å². The highest BCUT2D eigenvalue weighted by Crippen LogP contribution is 2.54. The molecule has 0 aromatic heterocycles. The van der Waals surface area contributed by atoms with Gasteiger partial charge in [-0.05, 0) is 67.9 Å². The molecule has 5 rings (SSSR count). The molecule has 0 saturated heterocycles. The van der Waals surface area contributed by atoms with E-state index >= 15 is 0 Å². The first-order valence-electron chi connectivity index (χ1n) is 7.90. The second-order valence-corrected chi connectivity index (χ2v) is 6.94. The van der Waals surface area contributed by atoms with Gasteiger partial charge in [-0.15, -0.1) is 0 Å². The number of hydrogen-bond donors (Lipinski definition) is 2. The Balaban J connectivity index is 1.54. The van der Waals surface area contributed by atoms with Crippen LogP contribution in [0.3, 0.4) is 0 Å². The first-order chi connectivity index (χ1) is 9.72. The Kier molecular flexibility index (Phi) is 2.83. The van der Waals surface area contributed by atoms with E-state index < -0.39 is 0 Å². The lowest BCUT2D eigenvalue weighted by Gasteiger charge is -2.53. The van der Waals surface area contributed by atoms with Crippen molar-refractivity contribution in [3.63, 3.8) is 0 Å². The molecule has 4 fully saturated rings. The summed E-state index contributed by atoms with van der Waals surface area (Å²) in [4.78, 5) is 0. The number of phenolic OH excluding ortho intramolecular Hbond substituents is 1. The average molecular weight is 273 g/mol. The van der Waals surface area contributed by atoms with Crippen LogP contribution in [0.1, 0.15) is 32.1 Å². The predicted octanol–water partition coefficient (Wildman–Crippen LogP) is 3.64. The fraction of sp³-hybridized carbons (Fsp3) is 0.647. The summed E-state index contributed by atoms with van der Waals surface area (Å²) in [5.74, 6) is 4.65. The van der Waals surface area contributed by atoms with Crippen molar-refractivity contribution >= 4 is 5.69 Å². The molecule has 0 spiro atoms. The molecule has 20 heavy (non-hydrogen) atoms. The summed E-state index contributed by atoms with van der Waals surface area (Å²) >= 11 is 0. The topological polar surface area (TPSA) is 41.5 Å². The molecule has 4 bridgehead atoms. The van der Waals surface area contributed by atoms with E-state index in [0.29, 0.717) is 6.10 Å². The monoisotopic (exact) mass is 273 g/mol. The van der Waals surface area contributed by atoms with E-state index in [9.17, 15) is 5.11 Å². The van der Waals surface area contributed by atoms with Crippen LogP contribution < -0.4 is 10.1 Å². The van der Waals surface area contributed by atoms with E-state index in [1.165, 1.54) is 32.1 Å². The summed E-state index contributed by atoms with van der Waals surface area (Å²) in [5.41, 5.74) is 0.742. The quantitative estimate of drug-likeness (QED) is 0.826. The molecule has 1 aromatic carbocycles. The van der Waals surface area contributed by atoms with Crippen molar-refractivity contribution < 1.29 is 9.84 Å². The largest absolute Gasteiger partial charge is 0.506 e. The minimum Gasteiger partial charge on any atom is -0.506 e. The predicted molar refractivity (Wildman–Crippen MR) is 79.1 cm³/mol. The van der Waals surface area contributed by atoms with Gasteiger partial charge in [0.2, 0.25) is 0 Å². The second kappa shape index (κ2) is 4.57. The molecular formula is C17H23NO2. The van der Waals surface area contributed by atoms with Gasteiger partial charge in [0.15, 0.2) is 0 Å². The Morgan fingerprint density at radius 3 is 2.30 bits per heavy atom. The smallest absolute Gasteiger partial charge is 0.138 e. The summed E-state index contributed by atoms with van der Waals surface area (Å²) in [6.45, 7) is 0. The molecule has 0 aliphatic heterocycles. The number of phenols is 1. The maximum atomic E-state index is 9.72. The summed E-state index contributed by atoms with van der Waals surface area (Å²) in [7, 11) is 1.82. The lowest BCUT2D eigenvalue weighted by atomic mass is 9.55. The standard InChI is InChI=1S/C17H23NO2/c1-18-15-9-14(2-3-16(15)19)20-17-12-5-10-4-11(7-12)8-13(17)6-10/h2-3,9-13,17-19H,4-8H2,1H3. The molecule has 108 valence electrons. The zero-order chi connectivity index (χ0) is 13.7. The summed E-state index contributed by atoms with van der Waals surface area (Å²) in [5, 5.41) is 12.7. The Hall–Kier alpha value is -1.38. The molecule has 0 amide bonds.